The van der Waals surface area contributed by atoms with Crippen molar-refractivity contribution in [2.24, 2.45) is 5.92 Å². The predicted molar refractivity (Wildman–Crippen MR) is 135 cm³/mol. The molecule has 0 spiro atoms. The number of esters is 1. The Labute approximate surface area is 223 Å². The Kier molecular flexibility index (Phi) is 11.1. The molecule has 202 valence electrons. The molecule has 0 bridgehead atoms. The second kappa shape index (κ2) is 14.3. The SMILES string of the molecule is CC(=O)O[C@@H](c1cc(Br)c(CCCOCCOCCO)o1)[C@@H](C)C(=O)N1C(=O)OC[C@H]1c1ccccc1. The topological polar surface area (TPSA) is 125 Å². The number of amides is 2. The number of aliphatic hydroxyl groups is 1. The number of cyclic esters (lactones) is 1. The first-order valence-corrected chi connectivity index (χ1v) is 12.9. The molecule has 1 aromatic heterocycles. The van der Waals surface area contributed by atoms with Gasteiger partial charge in [0.05, 0.1) is 36.8 Å². The van der Waals surface area contributed by atoms with Crippen LogP contribution in [0.2, 0.25) is 0 Å². The summed E-state index contributed by atoms with van der Waals surface area (Å²) in [6.07, 6.45) is -0.576. The Bertz CT molecular complexity index is 1040. The highest BCUT2D eigenvalue weighted by Gasteiger charge is 2.44. The van der Waals surface area contributed by atoms with Crippen LogP contribution < -0.4 is 0 Å². The molecule has 1 aliphatic rings. The van der Waals surface area contributed by atoms with Crippen molar-refractivity contribution in [1.82, 2.24) is 4.90 Å². The van der Waals surface area contributed by atoms with E-state index in [0.717, 1.165) is 10.5 Å². The fraction of sp³-hybridized carbons (Fsp3) is 0.500. The van der Waals surface area contributed by atoms with Gasteiger partial charge in [-0.15, -0.1) is 0 Å². The summed E-state index contributed by atoms with van der Waals surface area (Å²) < 4.78 is 28.0. The molecule has 11 heteroatoms. The molecule has 0 radical (unpaired) electrons. The van der Waals surface area contributed by atoms with Crippen LogP contribution in [-0.2, 0) is 35.0 Å². The fourth-order valence-electron chi connectivity index (χ4n) is 3.98. The number of carbonyl (C=O) groups is 3. The Morgan fingerprint density at radius 3 is 2.54 bits per heavy atom. The number of carbonyl (C=O) groups excluding carboxylic acids is 3. The lowest BCUT2D eigenvalue weighted by atomic mass is 9.98. The number of aryl methyl sites for hydroxylation is 1. The monoisotopic (exact) mass is 581 g/mol. The summed E-state index contributed by atoms with van der Waals surface area (Å²) in [5.41, 5.74) is 0.767. The Hall–Kier alpha value is -2.73. The van der Waals surface area contributed by atoms with Gasteiger partial charge in [-0.1, -0.05) is 30.3 Å². The molecule has 2 aromatic rings. The molecule has 1 N–H and O–H groups in total. The van der Waals surface area contributed by atoms with E-state index in [1.165, 1.54) is 6.92 Å². The maximum atomic E-state index is 13.5. The highest BCUT2D eigenvalue weighted by atomic mass is 79.9. The van der Waals surface area contributed by atoms with Gasteiger partial charge in [0.15, 0.2) is 6.10 Å². The first-order chi connectivity index (χ1) is 17.8. The first kappa shape index (κ1) is 28.8. The lowest BCUT2D eigenvalue weighted by molar-refractivity contribution is -0.154. The molecule has 0 unspecified atom stereocenters. The van der Waals surface area contributed by atoms with Gasteiger partial charge in [-0.25, -0.2) is 9.69 Å². The van der Waals surface area contributed by atoms with Gasteiger partial charge in [0.25, 0.3) is 0 Å². The van der Waals surface area contributed by atoms with Crippen LogP contribution in [0.1, 0.15) is 49.5 Å². The molecule has 10 nitrogen and oxygen atoms in total. The zero-order valence-corrected chi connectivity index (χ0v) is 22.5. The zero-order valence-electron chi connectivity index (χ0n) is 20.9. The van der Waals surface area contributed by atoms with Crippen LogP contribution in [-0.4, -0.2) is 67.6 Å². The van der Waals surface area contributed by atoms with E-state index in [0.29, 0.717) is 48.7 Å². The predicted octanol–water partition coefficient (Wildman–Crippen LogP) is 3.96. The van der Waals surface area contributed by atoms with E-state index in [9.17, 15) is 14.4 Å². The molecule has 1 aromatic carbocycles. The maximum Gasteiger partial charge on any atom is 0.417 e. The van der Waals surface area contributed by atoms with Gasteiger partial charge < -0.3 is 28.5 Å². The quantitative estimate of drug-likeness (QED) is 0.260. The van der Waals surface area contributed by atoms with Crippen molar-refractivity contribution in [3.05, 3.63) is 58.0 Å². The molecule has 3 rings (SSSR count). The van der Waals surface area contributed by atoms with Crippen LogP contribution in [0.5, 0.6) is 0 Å². The summed E-state index contributed by atoms with van der Waals surface area (Å²) in [4.78, 5) is 39.0. The average molecular weight is 582 g/mol. The van der Waals surface area contributed by atoms with Crippen molar-refractivity contribution >= 4 is 33.9 Å². The van der Waals surface area contributed by atoms with Crippen LogP contribution in [0, 0.1) is 5.92 Å². The number of hydrogen-bond acceptors (Lipinski definition) is 9. The number of imide groups is 1. The molecule has 1 fully saturated rings. The van der Waals surface area contributed by atoms with E-state index >= 15 is 0 Å². The third-order valence-electron chi connectivity index (χ3n) is 5.79. The number of rotatable bonds is 14. The van der Waals surface area contributed by atoms with Gasteiger partial charge >= 0.3 is 12.1 Å². The maximum absolute atomic E-state index is 13.5. The van der Waals surface area contributed by atoms with E-state index in [4.69, 9.17) is 28.5 Å². The van der Waals surface area contributed by atoms with Gasteiger partial charge in [-0.2, -0.15) is 0 Å². The number of furan rings is 1. The summed E-state index contributed by atoms with van der Waals surface area (Å²) >= 11 is 3.48. The van der Waals surface area contributed by atoms with Crippen molar-refractivity contribution < 1.29 is 42.9 Å². The van der Waals surface area contributed by atoms with E-state index in [1.807, 2.05) is 30.3 Å². The third-order valence-corrected chi connectivity index (χ3v) is 6.46. The Balaban J connectivity index is 1.68. The van der Waals surface area contributed by atoms with Gasteiger partial charge in [0.1, 0.15) is 24.2 Å². The molecule has 0 saturated carbocycles. The van der Waals surface area contributed by atoms with Gasteiger partial charge in [0, 0.05) is 20.0 Å². The minimum absolute atomic E-state index is 0.0247. The van der Waals surface area contributed by atoms with E-state index < -0.39 is 36.0 Å². The molecular weight excluding hydrogens is 550 g/mol. The summed E-state index contributed by atoms with van der Waals surface area (Å²) in [5.74, 6) is -1.13. The zero-order chi connectivity index (χ0) is 26.8. The van der Waals surface area contributed by atoms with Gasteiger partial charge in [-0.05, 0) is 40.9 Å². The van der Waals surface area contributed by atoms with Crippen LogP contribution >= 0.6 is 15.9 Å². The molecule has 37 heavy (non-hydrogen) atoms. The lowest BCUT2D eigenvalue weighted by Crippen LogP contribution is -2.40. The number of ether oxygens (including phenoxy) is 4. The highest BCUT2D eigenvalue weighted by Crippen LogP contribution is 2.36. The highest BCUT2D eigenvalue weighted by molar-refractivity contribution is 9.10. The van der Waals surface area contributed by atoms with Gasteiger partial charge in [0.2, 0.25) is 5.91 Å². The van der Waals surface area contributed by atoms with Crippen molar-refractivity contribution in [3.8, 4) is 0 Å². The minimum atomic E-state index is -1.04. The lowest BCUT2D eigenvalue weighted by Gasteiger charge is -2.27. The van der Waals surface area contributed by atoms with Gasteiger partial charge in [-0.3, -0.25) is 9.59 Å². The van der Waals surface area contributed by atoms with E-state index in [-0.39, 0.29) is 19.8 Å². The summed E-state index contributed by atoms with van der Waals surface area (Å²) in [6, 6.07) is 10.2. The second-order valence-corrected chi connectivity index (χ2v) is 9.36. The molecule has 1 aliphatic heterocycles. The van der Waals surface area contributed by atoms with Crippen LogP contribution in [0.15, 0.2) is 45.3 Å². The summed E-state index contributed by atoms with van der Waals surface area (Å²) in [7, 11) is 0. The molecule has 3 atom stereocenters. The summed E-state index contributed by atoms with van der Waals surface area (Å²) in [5, 5.41) is 8.69. The molecule has 0 aliphatic carbocycles. The second-order valence-electron chi connectivity index (χ2n) is 8.50. The molecule has 2 amide bonds. The van der Waals surface area contributed by atoms with Crippen LogP contribution in [0.25, 0.3) is 0 Å². The van der Waals surface area contributed by atoms with Crippen molar-refractivity contribution in [2.75, 3.05) is 39.6 Å². The van der Waals surface area contributed by atoms with Crippen molar-refractivity contribution in [1.29, 1.82) is 0 Å². The van der Waals surface area contributed by atoms with E-state index in [1.54, 1.807) is 13.0 Å². The normalized spacial score (nSPS) is 16.9. The van der Waals surface area contributed by atoms with Crippen molar-refractivity contribution in [3.63, 3.8) is 0 Å². The third kappa shape index (κ3) is 7.88. The van der Waals surface area contributed by atoms with Crippen LogP contribution in [0.3, 0.4) is 0 Å². The smallest absolute Gasteiger partial charge is 0.417 e. The minimum Gasteiger partial charge on any atom is -0.461 e. The number of aliphatic hydroxyl groups excluding tert-OH is 1. The number of halogens is 1. The fourth-order valence-corrected chi connectivity index (χ4v) is 4.48. The number of benzene rings is 1. The number of nitrogens with zero attached hydrogens (tertiary/aromatic N) is 1. The molecular formula is C26H32BrNO9. The Morgan fingerprint density at radius 2 is 1.86 bits per heavy atom. The largest absolute Gasteiger partial charge is 0.461 e. The van der Waals surface area contributed by atoms with E-state index in [2.05, 4.69) is 15.9 Å². The van der Waals surface area contributed by atoms with Crippen LogP contribution in [0.4, 0.5) is 4.79 Å². The molecule has 2 heterocycles. The standard InChI is InChI=1S/C26H32BrNO9/c1-17(25(31)28-21(16-35-26(28)32)19-7-4-3-5-8-19)24(36-18(2)30)23-15-20(27)22(37-23)9-6-11-33-13-14-34-12-10-29/h3-5,7-8,15,17,21,24,29H,6,9-14,16H2,1-2H3/t17-,21+,24-/m1/s1. The first-order valence-electron chi connectivity index (χ1n) is 12.1. The van der Waals surface area contributed by atoms with Crippen molar-refractivity contribution in [2.45, 2.75) is 38.8 Å². The average Bonchev–Trinajstić information content (AvgIpc) is 3.45. The number of hydrogen-bond donors (Lipinski definition) is 1. The molecule has 1 saturated heterocycles. The summed E-state index contributed by atoms with van der Waals surface area (Å²) in [6.45, 7) is 4.44. The Morgan fingerprint density at radius 1 is 1.16 bits per heavy atom.